The molecule has 0 aromatic carbocycles. The van der Waals surface area contributed by atoms with Gasteiger partial charge in [0.15, 0.2) is 16.6 Å². The number of allylic oxidation sites excluding steroid dienone is 6. The summed E-state index contributed by atoms with van der Waals surface area (Å²) in [6.07, 6.45) is 15.9. The van der Waals surface area contributed by atoms with Crippen LogP contribution in [0.4, 0.5) is 0 Å². The van der Waals surface area contributed by atoms with Crippen LogP contribution in [0.25, 0.3) is 0 Å². The van der Waals surface area contributed by atoms with Gasteiger partial charge in [-0.05, 0) is 39.3 Å². The molecule has 31 heavy (non-hydrogen) atoms. The maximum atomic E-state index is 5.64. The fourth-order valence-electron chi connectivity index (χ4n) is 1.97. The van der Waals surface area contributed by atoms with Gasteiger partial charge in [-0.3, -0.25) is 0 Å². The predicted octanol–water partition coefficient (Wildman–Crippen LogP) is -0.634. The van der Waals surface area contributed by atoms with Crippen molar-refractivity contribution in [2.24, 2.45) is 0 Å². The van der Waals surface area contributed by atoms with Crippen molar-refractivity contribution in [2.75, 3.05) is 26.4 Å². The van der Waals surface area contributed by atoms with Gasteiger partial charge in [-0.2, -0.15) is 24.3 Å². The summed E-state index contributed by atoms with van der Waals surface area (Å²) in [5.41, 5.74) is 0. The standard InChI is InChI=1S/2C10H17O2Si.C2H4.2ClH.Zr/c2*1-13(2,3)12-9-8-11-10-6-4-5-7-10;1-2;;;/h2*4,6H,5,8-9H2,1-3H3;1H,2H3;2*1H;/q2*-1;;;;+2/p-2. The number of ether oxygens (including phenoxy) is 2. The first-order valence-electron chi connectivity index (χ1n) is 10.1. The van der Waals surface area contributed by atoms with Crippen molar-refractivity contribution < 1.29 is 67.4 Å². The minimum absolute atomic E-state index is 0. The Bertz CT molecular complexity index is 533. The van der Waals surface area contributed by atoms with Crippen LogP contribution in [0, 0.1) is 12.2 Å². The van der Waals surface area contributed by atoms with Crippen LogP contribution in [-0.2, 0) is 42.6 Å². The minimum atomic E-state index is -1.36. The summed E-state index contributed by atoms with van der Waals surface area (Å²) >= 11 is 1.51. The zero-order valence-corrected chi connectivity index (χ0v) is 26.0. The molecule has 2 aliphatic rings. The number of rotatable bonds is 10. The van der Waals surface area contributed by atoms with Gasteiger partial charge in [0.2, 0.25) is 0 Å². The van der Waals surface area contributed by atoms with E-state index < -0.39 is 16.6 Å². The molecule has 0 aliphatic heterocycles. The maximum Gasteiger partial charge on any atom is 0.183 e. The molecule has 9 heteroatoms. The summed E-state index contributed by atoms with van der Waals surface area (Å²) in [7, 11) is -2.72. The summed E-state index contributed by atoms with van der Waals surface area (Å²) in [6, 6.07) is 0. The zero-order chi connectivity index (χ0) is 22.2. The van der Waals surface area contributed by atoms with E-state index in [2.05, 4.69) is 55.1 Å². The van der Waals surface area contributed by atoms with Gasteiger partial charge in [0.25, 0.3) is 0 Å². The van der Waals surface area contributed by atoms with Crippen molar-refractivity contribution in [1.82, 2.24) is 0 Å². The minimum Gasteiger partial charge on any atom is -1.00 e. The van der Waals surface area contributed by atoms with E-state index >= 15 is 0 Å². The molecule has 4 nitrogen and oxygen atoms in total. The van der Waals surface area contributed by atoms with Gasteiger partial charge >= 0.3 is 34.9 Å². The Hall–Kier alpha value is 0.247. The van der Waals surface area contributed by atoms with Gasteiger partial charge in [-0.15, -0.1) is 12.8 Å². The predicted molar refractivity (Wildman–Crippen MR) is 123 cm³/mol. The first-order valence-corrected chi connectivity index (χ1v) is 18.3. The van der Waals surface area contributed by atoms with Crippen LogP contribution in [0.15, 0.2) is 35.8 Å². The monoisotopic (exact) mass is 582 g/mol. The van der Waals surface area contributed by atoms with E-state index in [1.807, 2.05) is 31.2 Å². The van der Waals surface area contributed by atoms with Crippen molar-refractivity contribution in [3.63, 3.8) is 0 Å². The van der Waals surface area contributed by atoms with Gasteiger partial charge in [0.05, 0.1) is 13.2 Å². The van der Waals surface area contributed by atoms with Gasteiger partial charge in [0, 0.05) is 0 Å². The molecule has 0 bridgehead atoms. The molecule has 2 rings (SSSR count). The fraction of sp³-hybridized carbons (Fsp3) is 0.591. The normalized spacial score (nSPS) is 14.0. The third-order valence-corrected chi connectivity index (χ3v) is 5.22. The average Bonchev–Trinajstić information content (AvgIpc) is 3.29. The molecule has 0 atom stereocenters. The SMILES string of the molecule is C[CH]=[Zr+2].C[Si](C)(C)OCCOC1=[C-]CC=C1.C[Si](C)(C)OCCOC1=[C-]CC=C1.[Cl-].[Cl-]. The van der Waals surface area contributed by atoms with Gasteiger partial charge in [0.1, 0.15) is 13.2 Å². The molecular weight excluding hydrogens is 547 g/mol. The Morgan fingerprint density at radius 3 is 1.32 bits per heavy atom. The Morgan fingerprint density at radius 1 is 0.774 bits per heavy atom. The van der Waals surface area contributed by atoms with E-state index in [9.17, 15) is 0 Å². The number of hydrogen-bond acceptors (Lipinski definition) is 4. The van der Waals surface area contributed by atoms with Crippen molar-refractivity contribution >= 4 is 20.3 Å². The molecule has 0 saturated heterocycles. The molecular formula is C22H38Cl2O4Si2Zr-2. The van der Waals surface area contributed by atoms with Gasteiger partial charge < -0.3 is 43.1 Å². The second-order valence-corrected chi connectivity index (χ2v) is 18.6. The zero-order valence-electron chi connectivity index (χ0n) is 20.0. The smallest absolute Gasteiger partial charge is 0.183 e. The molecule has 0 amide bonds. The van der Waals surface area contributed by atoms with E-state index in [4.69, 9.17) is 18.3 Å². The van der Waals surface area contributed by atoms with Crippen LogP contribution >= 0.6 is 0 Å². The molecule has 0 fully saturated rings. The summed E-state index contributed by atoms with van der Waals surface area (Å²) in [5, 5.41) is 0. The average molecular weight is 585 g/mol. The fourth-order valence-corrected chi connectivity index (χ4v) is 3.36. The van der Waals surface area contributed by atoms with E-state index in [-0.39, 0.29) is 24.8 Å². The summed E-state index contributed by atoms with van der Waals surface area (Å²) in [4.78, 5) is 0. The molecule has 0 aromatic heterocycles. The molecule has 178 valence electrons. The Kier molecular flexibility index (Phi) is 24.1. The van der Waals surface area contributed by atoms with Crippen LogP contribution in [0.3, 0.4) is 0 Å². The van der Waals surface area contributed by atoms with Crippen LogP contribution in [0.1, 0.15) is 19.8 Å². The van der Waals surface area contributed by atoms with Crippen molar-refractivity contribution in [3.05, 3.63) is 48.0 Å². The third-order valence-electron chi connectivity index (χ3n) is 3.08. The molecule has 2 aliphatic carbocycles. The van der Waals surface area contributed by atoms with Gasteiger partial charge in [-0.25, -0.2) is 12.2 Å². The first-order chi connectivity index (χ1) is 13.6. The van der Waals surface area contributed by atoms with Crippen molar-refractivity contribution in [2.45, 2.75) is 59.0 Å². The van der Waals surface area contributed by atoms with E-state index in [1.54, 1.807) is 0 Å². The van der Waals surface area contributed by atoms with Crippen molar-refractivity contribution in [1.29, 1.82) is 0 Å². The molecule has 0 N–H and O–H groups in total. The Balaban J connectivity index is -0.000000424. The molecule has 0 heterocycles. The molecule has 0 spiro atoms. The topological polar surface area (TPSA) is 36.9 Å². The summed E-state index contributed by atoms with van der Waals surface area (Å²) in [5.74, 6) is 1.72. The molecule has 0 radical (unpaired) electrons. The van der Waals surface area contributed by atoms with Gasteiger partial charge in [-0.1, -0.05) is 11.5 Å². The molecule has 0 saturated carbocycles. The third kappa shape index (κ3) is 26.4. The van der Waals surface area contributed by atoms with E-state index in [0.29, 0.717) is 26.4 Å². The first kappa shape index (κ1) is 35.8. The van der Waals surface area contributed by atoms with Crippen LogP contribution in [0.5, 0.6) is 0 Å². The van der Waals surface area contributed by atoms with Crippen LogP contribution in [0.2, 0.25) is 39.3 Å². The Labute approximate surface area is 219 Å². The second-order valence-electron chi connectivity index (χ2n) is 8.20. The largest absolute Gasteiger partial charge is 1.00 e. The van der Waals surface area contributed by atoms with E-state index in [1.165, 1.54) is 24.2 Å². The molecule has 0 aromatic rings. The molecule has 0 unspecified atom stereocenters. The van der Waals surface area contributed by atoms with Crippen molar-refractivity contribution in [3.8, 4) is 0 Å². The van der Waals surface area contributed by atoms with E-state index in [0.717, 1.165) is 24.4 Å². The summed E-state index contributed by atoms with van der Waals surface area (Å²) < 4.78 is 24.2. The Morgan fingerprint density at radius 2 is 1.10 bits per heavy atom. The second kappa shape index (κ2) is 20.8. The van der Waals surface area contributed by atoms with Crippen LogP contribution in [-0.4, -0.2) is 46.8 Å². The maximum absolute atomic E-state index is 5.64. The quantitative estimate of drug-likeness (QED) is 0.195. The summed E-state index contributed by atoms with van der Waals surface area (Å²) in [6.45, 7) is 17.7. The van der Waals surface area contributed by atoms with Crippen LogP contribution < -0.4 is 24.8 Å². The number of hydrogen-bond donors (Lipinski definition) is 0. The number of halogens is 2.